The van der Waals surface area contributed by atoms with Gasteiger partial charge >= 0.3 is 0 Å². The van der Waals surface area contributed by atoms with Crippen molar-refractivity contribution in [2.24, 2.45) is 0 Å². The van der Waals surface area contributed by atoms with E-state index in [4.69, 9.17) is 5.73 Å². The number of sulfonamides is 1. The summed E-state index contributed by atoms with van der Waals surface area (Å²) in [5.74, 6) is -0.906. The Kier molecular flexibility index (Phi) is 4.84. The van der Waals surface area contributed by atoms with Gasteiger partial charge in [-0.2, -0.15) is 0 Å². The number of aryl methyl sites for hydroxylation is 1. The van der Waals surface area contributed by atoms with E-state index in [0.29, 0.717) is 0 Å². The van der Waals surface area contributed by atoms with Gasteiger partial charge in [0.15, 0.2) is 0 Å². The third kappa shape index (κ3) is 4.18. The molecule has 8 heteroatoms. The van der Waals surface area contributed by atoms with Crippen molar-refractivity contribution in [1.82, 2.24) is 10.0 Å². The second-order valence-electron chi connectivity index (χ2n) is 4.02. The van der Waals surface area contributed by atoms with E-state index in [1.165, 1.54) is 13.8 Å². The number of nitrogen functional groups attached to an aromatic ring is 1. The van der Waals surface area contributed by atoms with Crippen molar-refractivity contribution in [3.63, 3.8) is 0 Å². The van der Waals surface area contributed by atoms with Crippen LogP contribution in [-0.2, 0) is 14.8 Å². The highest BCUT2D eigenvalue weighted by molar-refractivity contribution is 7.89. The molecule has 0 bridgehead atoms. The van der Waals surface area contributed by atoms with Crippen molar-refractivity contribution in [3.05, 3.63) is 23.5 Å². The number of amides is 1. The fraction of sp³-hybridized carbons (Fsp3) is 0.364. The Labute approximate surface area is 111 Å². The van der Waals surface area contributed by atoms with Crippen LogP contribution >= 0.6 is 0 Å². The number of benzene rings is 1. The Morgan fingerprint density at radius 2 is 2.00 bits per heavy atom. The Morgan fingerprint density at radius 1 is 1.37 bits per heavy atom. The van der Waals surface area contributed by atoms with Crippen LogP contribution in [0, 0.1) is 12.7 Å². The normalized spacial score (nSPS) is 11.3. The topological polar surface area (TPSA) is 101 Å². The lowest BCUT2D eigenvalue weighted by Gasteiger charge is -2.10. The van der Waals surface area contributed by atoms with Crippen molar-refractivity contribution in [2.45, 2.75) is 18.7 Å². The standard InChI is InChI=1S/C11H16FN3O3S/c1-7-5-9(12)10(13)6-11(7)19(17,18)15-4-3-14-8(2)16/h5-6,15H,3-4,13H2,1-2H3,(H,14,16). The number of carbonyl (C=O) groups excluding carboxylic acids is 1. The second-order valence-corrected chi connectivity index (χ2v) is 5.76. The van der Waals surface area contributed by atoms with E-state index >= 15 is 0 Å². The molecule has 0 aromatic heterocycles. The van der Waals surface area contributed by atoms with Crippen LogP contribution in [0.25, 0.3) is 0 Å². The van der Waals surface area contributed by atoms with Crippen molar-refractivity contribution < 1.29 is 17.6 Å². The first-order chi connectivity index (χ1) is 8.74. The lowest BCUT2D eigenvalue weighted by molar-refractivity contribution is -0.118. The highest BCUT2D eigenvalue weighted by Crippen LogP contribution is 2.21. The van der Waals surface area contributed by atoms with Gasteiger partial charge in [0.25, 0.3) is 0 Å². The lowest BCUT2D eigenvalue weighted by Crippen LogP contribution is -2.34. The zero-order valence-electron chi connectivity index (χ0n) is 10.7. The van der Waals surface area contributed by atoms with E-state index in [1.54, 1.807) is 0 Å². The number of hydrogen-bond donors (Lipinski definition) is 3. The highest BCUT2D eigenvalue weighted by Gasteiger charge is 2.18. The largest absolute Gasteiger partial charge is 0.396 e. The number of nitrogens with two attached hydrogens (primary N) is 1. The third-order valence-electron chi connectivity index (χ3n) is 2.37. The first-order valence-corrected chi connectivity index (χ1v) is 7.02. The van der Waals surface area contributed by atoms with E-state index in [1.807, 2.05) is 0 Å². The van der Waals surface area contributed by atoms with Gasteiger partial charge in [0.2, 0.25) is 15.9 Å². The number of anilines is 1. The Bertz CT molecular complexity index is 587. The molecule has 6 nitrogen and oxygen atoms in total. The maximum Gasteiger partial charge on any atom is 0.240 e. The number of carbonyl (C=O) groups is 1. The number of hydrogen-bond acceptors (Lipinski definition) is 4. The second kappa shape index (κ2) is 5.98. The van der Waals surface area contributed by atoms with Crippen LogP contribution < -0.4 is 15.8 Å². The Morgan fingerprint density at radius 3 is 2.58 bits per heavy atom. The maximum atomic E-state index is 13.2. The highest BCUT2D eigenvalue weighted by atomic mass is 32.2. The van der Waals surface area contributed by atoms with E-state index in [0.717, 1.165) is 12.1 Å². The fourth-order valence-corrected chi connectivity index (χ4v) is 2.75. The molecular formula is C11H16FN3O3S. The van der Waals surface area contributed by atoms with Crippen molar-refractivity contribution >= 4 is 21.6 Å². The van der Waals surface area contributed by atoms with Gasteiger partial charge in [-0.3, -0.25) is 4.79 Å². The maximum absolute atomic E-state index is 13.2. The van der Waals surface area contributed by atoms with E-state index in [2.05, 4.69) is 10.0 Å². The van der Waals surface area contributed by atoms with E-state index in [9.17, 15) is 17.6 Å². The molecule has 0 fully saturated rings. The summed E-state index contributed by atoms with van der Waals surface area (Å²) in [4.78, 5) is 10.6. The first-order valence-electron chi connectivity index (χ1n) is 5.54. The molecule has 1 rings (SSSR count). The average molecular weight is 289 g/mol. The number of nitrogens with one attached hydrogen (secondary N) is 2. The smallest absolute Gasteiger partial charge is 0.240 e. The molecule has 0 radical (unpaired) electrons. The molecule has 0 aliphatic carbocycles. The molecule has 0 saturated carbocycles. The zero-order chi connectivity index (χ0) is 14.6. The monoisotopic (exact) mass is 289 g/mol. The summed E-state index contributed by atoms with van der Waals surface area (Å²) < 4.78 is 39.4. The van der Waals surface area contributed by atoms with Crippen molar-refractivity contribution in [3.8, 4) is 0 Å². The zero-order valence-corrected chi connectivity index (χ0v) is 11.5. The molecular weight excluding hydrogens is 273 g/mol. The lowest BCUT2D eigenvalue weighted by atomic mass is 10.2. The molecule has 0 spiro atoms. The fourth-order valence-electron chi connectivity index (χ4n) is 1.46. The van der Waals surface area contributed by atoms with Gasteiger partial charge in [-0.1, -0.05) is 0 Å². The SMILES string of the molecule is CC(=O)NCCNS(=O)(=O)c1cc(N)c(F)cc1C. The molecule has 1 amide bonds. The van der Waals surface area contributed by atoms with Crippen LogP contribution in [0.4, 0.5) is 10.1 Å². The Balaban J connectivity index is 2.83. The minimum Gasteiger partial charge on any atom is -0.396 e. The third-order valence-corrected chi connectivity index (χ3v) is 3.98. The summed E-state index contributed by atoms with van der Waals surface area (Å²) in [5.41, 5.74) is 5.39. The van der Waals surface area contributed by atoms with Crippen LogP contribution in [0.15, 0.2) is 17.0 Å². The first kappa shape index (κ1) is 15.4. The van der Waals surface area contributed by atoms with Crippen LogP contribution in [0.2, 0.25) is 0 Å². The number of halogens is 1. The van der Waals surface area contributed by atoms with Gasteiger partial charge in [-0.15, -0.1) is 0 Å². The van der Waals surface area contributed by atoms with Crippen LogP contribution in [-0.4, -0.2) is 27.4 Å². The summed E-state index contributed by atoms with van der Waals surface area (Å²) in [6.45, 7) is 3.02. The van der Waals surface area contributed by atoms with Crippen molar-refractivity contribution in [1.29, 1.82) is 0 Å². The van der Waals surface area contributed by atoms with E-state index in [-0.39, 0.29) is 35.1 Å². The molecule has 4 N–H and O–H groups in total. The van der Waals surface area contributed by atoms with Crippen LogP contribution in [0.3, 0.4) is 0 Å². The molecule has 106 valence electrons. The molecule has 0 atom stereocenters. The van der Waals surface area contributed by atoms with Gasteiger partial charge < -0.3 is 11.1 Å². The molecule has 0 aliphatic heterocycles. The molecule has 1 aromatic rings. The number of rotatable bonds is 5. The van der Waals surface area contributed by atoms with Gasteiger partial charge in [0, 0.05) is 20.0 Å². The molecule has 0 saturated heterocycles. The Hall–Kier alpha value is -1.67. The summed E-state index contributed by atoms with van der Waals surface area (Å²) in [6.07, 6.45) is 0. The van der Waals surface area contributed by atoms with Crippen molar-refractivity contribution in [2.75, 3.05) is 18.8 Å². The summed E-state index contributed by atoms with van der Waals surface area (Å²) in [7, 11) is -3.78. The average Bonchev–Trinajstić information content (AvgIpc) is 2.29. The molecule has 1 aromatic carbocycles. The van der Waals surface area contributed by atoms with Gasteiger partial charge in [0.1, 0.15) is 5.82 Å². The van der Waals surface area contributed by atoms with Gasteiger partial charge in [-0.05, 0) is 24.6 Å². The minimum atomic E-state index is -3.78. The quantitative estimate of drug-likeness (QED) is 0.530. The van der Waals surface area contributed by atoms with Gasteiger partial charge in [0.05, 0.1) is 10.6 Å². The molecule has 19 heavy (non-hydrogen) atoms. The molecule has 0 aliphatic rings. The van der Waals surface area contributed by atoms with Crippen LogP contribution in [0.1, 0.15) is 12.5 Å². The van der Waals surface area contributed by atoms with Gasteiger partial charge in [-0.25, -0.2) is 17.5 Å². The molecule has 0 unspecified atom stereocenters. The predicted molar refractivity (Wildman–Crippen MR) is 69.4 cm³/mol. The van der Waals surface area contributed by atoms with Crippen LogP contribution in [0.5, 0.6) is 0 Å². The summed E-state index contributed by atoms with van der Waals surface area (Å²) >= 11 is 0. The summed E-state index contributed by atoms with van der Waals surface area (Å²) in [6, 6.07) is 2.14. The molecule has 0 heterocycles. The minimum absolute atomic E-state index is 0.0403. The van der Waals surface area contributed by atoms with E-state index < -0.39 is 15.8 Å². The predicted octanol–water partition coefficient (Wildman–Crippen LogP) is 0.131. The summed E-state index contributed by atoms with van der Waals surface area (Å²) in [5, 5.41) is 2.45.